The second-order valence-corrected chi connectivity index (χ2v) is 16.6. The van der Waals surface area contributed by atoms with E-state index < -0.39 is 21.3 Å². The third-order valence-electron chi connectivity index (χ3n) is 6.78. The highest BCUT2D eigenvalue weighted by molar-refractivity contribution is 8.13. The van der Waals surface area contributed by atoms with Crippen LogP contribution in [0.2, 0.25) is 0 Å². The molecule has 2 amide bonds. The van der Waals surface area contributed by atoms with E-state index >= 15 is 0 Å². The molecule has 2 fully saturated rings. The fourth-order valence-electron chi connectivity index (χ4n) is 4.38. The predicted molar refractivity (Wildman–Crippen MR) is 191 cm³/mol. The van der Waals surface area contributed by atoms with Gasteiger partial charge in [0, 0.05) is 31.9 Å². The Bertz CT molecular complexity index is 1260. The van der Waals surface area contributed by atoms with Gasteiger partial charge in [-0.05, 0) is 110 Å². The van der Waals surface area contributed by atoms with Crippen LogP contribution < -0.4 is 17.2 Å². The Hall–Kier alpha value is -2.82. The van der Waals surface area contributed by atoms with Gasteiger partial charge in [-0.2, -0.15) is 8.42 Å². The summed E-state index contributed by atoms with van der Waals surface area (Å²) in [6, 6.07) is 6.59. The van der Waals surface area contributed by atoms with Crippen molar-refractivity contribution in [3.05, 3.63) is 29.8 Å². The lowest BCUT2D eigenvalue weighted by molar-refractivity contribution is 0.0162. The number of thiocarbonyl (C=S) groups is 1. The summed E-state index contributed by atoms with van der Waals surface area (Å²) >= 11 is 5.48. The van der Waals surface area contributed by atoms with Crippen molar-refractivity contribution in [3.63, 3.8) is 0 Å². The van der Waals surface area contributed by atoms with Crippen LogP contribution in [-0.4, -0.2) is 90.4 Å². The van der Waals surface area contributed by atoms with Gasteiger partial charge in [-0.1, -0.05) is 29.5 Å². The topological polar surface area (TPSA) is 204 Å². The molecule has 0 aromatic heterocycles. The molecule has 0 bridgehead atoms. The molecule has 2 aliphatic heterocycles. The number of nitrogens with two attached hydrogens (primary N) is 3. The molecule has 0 radical (unpaired) electrons. The molecule has 2 heterocycles. The largest absolute Gasteiger partial charge is 0.444 e. The highest BCUT2D eigenvalue weighted by atomic mass is 32.2. The van der Waals surface area contributed by atoms with Crippen molar-refractivity contribution >= 4 is 56.6 Å². The Labute approximate surface area is 290 Å². The van der Waals surface area contributed by atoms with E-state index in [0.29, 0.717) is 31.8 Å². The number of amides is 2. The highest BCUT2D eigenvalue weighted by Gasteiger charge is 2.29. The molecule has 7 N–H and O–H groups in total. The molecule has 268 valence electrons. The van der Waals surface area contributed by atoms with E-state index in [9.17, 15) is 18.0 Å². The Morgan fingerprint density at radius 3 is 1.60 bits per heavy atom. The summed E-state index contributed by atoms with van der Waals surface area (Å²) in [5.74, 6) is 1.52. The van der Waals surface area contributed by atoms with Crippen LogP contribution in [0, 0.1) is 24.2 Å². The number of carbonyl (C=O) groups is 2. The van der Waals surface area contributed by atoms with Gasteiger partial charge in [0.05, 0.1) is 11.5 Å². The molecular weight excluding hydrogens is 665 g/mol. The molecule has 2 saturated heterocycles. The summed E-state index contributed by atoms with van der Waals surface area (Å²) in [6.07, 6.45) is 2.77. The molecule has 0 atom stereocenters. The first-order valence-electron chi connectivity index (χ1n) is 15.5. The normalized spacial score (nSPS) is 16.1. The fourth-order valence-corrected chi connectivity index (χ4v) is 6.11. The van der Waals surface area contributed by atoms with E-state index in [-0.39, 0.29) is 39.9 Å². The number of piperidine rings is 2. The first kappa shape index (κ1) is 42.2. The van der Waals surface area contributed by atoms with Crippen LogP contribution in [0.5, 0.6) is 0 Å². The number of rotatable bonds is 6. The zero-order valence-electron chi connectivity index (χ0n) is 28.7. The van der Waals surface area contributed by atoms with Crippen molar-refractivity contribution in [3.8, 4) is 0 Å². The zero-order valence-corrected chi connectivity index (χ0v) is 31.2. The maximum absolute atomic E-state index is 12.2. The van der Waals surface area contributed by atoms with Gasteiger partial charge < -0.3 is 36.5 Å². The van der Waals surface area contributed by atoms with Crippen LogP contribution in [0.25, 0.3) is 0 Å². The molecule has 13 nitrogen and oxygen atoms in total. The average molecular weight is 719 g/mol. The number of nitrogens with zero attached hydrogens (tertiary/aromatic N) is 2. The number of aryl methyl sites for hydroxylation is 1. The first-order chi connectivity index (χ1) is 21.6. The van der Waals surface area contributed by atoms with Gasteiger partial charge in [0.15, 0.2) is 10.3 Å². The maximum Gasteiger partial charge on any atom is 0.410 e. The van der Waals surface area contributed by atoms with Crippen molar-refractivity contribution in [1.82, 2.24) is 9.80 Å². The number of likely N-dealkylation sites (tertiary alicyclic amines) is 2. The van der Waals surface area contributed by atoms with Crippen molar-refractivity contribution < 1.29 is 31.7 Å². The Balaban J connectivity index is 0.000000440. The van der Waals surface area contributed by atoms with Gasteiger partial charge in [0.2, 0.25) is 0 Å². The number of carbonyl (C=O) groups excluding carboxylic acids is 2. The van der Waals surface area contributed by atoms with Gasteiger partial charge in [0.1, 0.15) is 11.2 Å². The molecule has 1 aromatic rings. The van der Waals surface area contributed by atoms with Crippen molar-refractivity contribution in [2.24, 2.45) is 29.0 Å². The number of nitrogens with one attached hydrogen (secondary N) is 1. The van der Waals surface area contributed by atoms with Crippen LogP contribution in [0.3, 0.4) is 0 Å². The molecular formula is C31H54N6O7S3. The second-order valence-electron chi connectivity index (χ2n) is 13.5. The molecule has 1 aromatic carbocycles. The fraction of sp³-hybridized carbons (Fsp3) is 0.677. The van der Waals surface area contributed by atoms with Crippen LogP contribution in [-0.2, 0) is 23.8 Å². The van der Waals surface area contributed by atoms with E-state index in [4.69, 9.17) is 24.8 Å². The molecule has 0 unspecified atom stereocenters. The lowest BCUT2D eigenvalue weighted by Gasteiger charge is -2.33. The SMILES string of the molecule is CC(C)(C)OC(=O)N1CCC(CSC(=N)N)CC1.Cc1ccc(S(=O)(=O)OCC2CCN(C(=O)OC(C)(C)C)CC2)cc1.NC(N)=S. The monoisotopic (exact) mass is 718 g/mol. The van der Waals surface area contributed by atoms with Gasteiger partial charge in [-0.3, -0.25) is 9.59 Å². The number of hydrogen-bond donors (Lipinski definition) is 4. The van der Waals surface area contributed by atoms with Crippen molar-refractivity contribution in [2.45, 2.75) is 90.2 Å². The predicted octanol–water partition coefficient (Wildman–Crippen LogP) is 4.80. The minimum absolute atomic E-state index is 0.000000000000000222. The van der Waals surface area contributed by atoms with Gasteiger partial charge in [-0.15, -0.1) is 0 Å². The van der Waals surface area contributed by atoms with E-state index in [2.05, 4.69) is 23.7 Å². The Morgan fingerprint density at radius 1 is 0.851 bits per heavy atom. The number of thioether (sulfide) groups is 1. The average Bonchev–Trinajstić information content (AvgIpc) is 2.94. The minimum Gasteiger partial charge on any atom is -0.444 e. The van der Waals surface area contributed by atoms with Crippen LogP contribution in [0.15, 0.2) is 29.2 Å². The zero-order chi connectivity index (χ0) is 36.0. The molecule has 3 rings (SSSR count). The van der Waals surface area contributed by atoms with Crippen LogP contribution in [0.4, 0.5) is 9.59 Å². The van der Waals surface area contributed by atoms with Gasteiger partial charge in [0.25, 0.3) is 10.1 Å². The Morgan fingerprint density at radius 2 is 1.23 bits per heavy atom. The summed E-state index contributed by atoms with van der Waals surface area (Å²) in [5.41, 5.74) is 14.6. The standard InChI is InChI=1S/C18H27NO5S.C12H23N3O2S.CH4N2S/c1-14-5-7-16(8-6-14)25(21,22)23-13-15-9-11-19(12-10-15)17(20)24-18(2,3)4;1-12(2,3)17-11(16)15-6-4-9(5-7-15)8-18-10(13)14;2-1(3)4/h5-8,15H,9-13H2,1-4H3;9H,4-8H2,1-3H3,(H3,13,14);(H4,2,3,4). The van der Waals surface area contributed by atoms with E-state index in [1.165, 1.54) is 11.8 Å². The number of benzene rings is 1. The maximum atomic E-state index is 12.2. The third-order valence-corrected chi connectivity index (χ3v) is 9.02. The quantitative estimate of drug-likeness (QED) is 0.136. The molecule has 16 heteroatoms. The molecule has 0 saturated carbocycles. The van der Waals surface area contributed by atoms with E-state index in [1.54, 1.807) is 34.1 Å². The third kappa shape index (κ3) is 18.9. The summed E-state index contributed by atoms with van der Waals surface area (Å²) in [7, 11) is -3.74. The van der Waals surface area contributed by atoms with Crippen molar-refractivity contribution in [2.75, 3.05) is 38.5 Å². The lowest BCUT2D eigenvalue weighted by atomic mass is 9.98. The van der Waals surface area contributed by atoms with Gasteiger partial charge >= 0.3 is 12.2 Å². The van der Waals surface area contributed by atoms with Crippen molar-refractivity contribution in [1.29, 1.82) is 5.41 Å². The molecule has 0 aliphatic carbocycles. The number of amidine groups is 1. The summed E-state index contributed by atoms with van der Waals surface area (Å²) in [4.78, 5) is 27.5. The van der Waals surface area contributed by atoms with Crippen LogP contribution in [0.1, 0.15) is 72.8 Å². The molecule has 0 spiro atoms. The molecule has 2 aliphatic rings. The number of hydrogen-bond acceptors (Lipinski definition) is 10. The summed E-state index contributed by atoms with van der Waals surface area (Å²) in [5, 5.41) is 7.35. The van der Waals surface area contributed by atoms with E-state index in [0.717, 1.165) is 37.2 Å². The smallest absolute Gasteiger partial charge is 0.410 e. The van der Waals surface area contributed by atoms with Crippen LogP contribution >= 0.6 is 24.0 Å². The number of ether oxygens (including phenoxy) is 2. The first-order valence-corrected chi connectivity index (χ1v) is 18.3. The lowest BCUT2D eigenvalue weighted by Crippen LogP contribution is -2.42. The van der Waals surface area contributed by atoms with Gasteiger partial charge in [-0.25, -0.2) is 9.59 Å². The molecule has 47 heavy (non-hydrogen) atoms. The van der Waals surface area contributed by atoms with E-state index in [1.807, 2.05) is 48.5 Å². The second kappa shape index (κ2) is 19.2. The highest BCUT2D eigenvalue weighted by Crippen LogP contribution is 2.24. The summed E-state index contributed by atoms with van der Waals surface area (Å²) in [6.45, 7) is 15.7. The summed E-state index contributed by atoms with van der Waals surface area (Å²) < 4.78 is 40.3. The Kier molecular flexibility index (Phi) is 17.3. The minimum atomic E-state index is -3.74.